The molecule has 3 aromatic carbocycles. The summed E-state index contributed by atoms with van der Waals surface area (Å²) in [6.07, 6.45) is 7.90. The minimum absolute atomic E-state index is 0. The molecule has 6 rings (SSSR count). The fourth-order valence-electron chi connectivity index (χ4n) is 5.12. The number of hydrogen-bond acceptors (Lipinski definition) is 5. The van der Waals surface area contributed by atoms with Gasteiger partial charge in [-0.2, -0.15) is 0 Å². The average molecular weight is 685 g/mol. The summed E-state index contributed by atoms with van der Waals surface area (Å²) in [5.41, 5.74) is 7.90. The number of aliphatic hydroxyl groups is 1. The average Bonchev–Trinajstić information content (AvgIpc) is 3.21. The van der Waals surface area contributed by atoms with E-state index in [2.05, 4.69) is 43.3 Å². The number of furan rings is 1. The second-order valence-electron chi connectivity index (χ2n) is 9.65. The molecule has 2 aromatic heterocycles. The zero-order chi connectivity index (χ0) is 26.1. The van der Waals surface area contributed by atoms with E-state index in [1.807, 2.05) is 18.3 Å². The SMILES string of the molecule is CC(=O)/C=C(/C)O.COc1c[c-]c(-c2nccc3cc4oc5cc6c(cc5c4cc23)CCCC6)c(C)c1.[Ir]. The first kappa shape index (κ1) is 27.6. The van der Waals surface area contributed by atoms with Gasteiger partial charge < -0.3 is 19.2 Å². The first-order valence-corrected chi connectivity index (χ1v) is 12.6. The zero-order valence-corrected chi connectivity index (χ0v) is 24.4. The quantitative estimate of drug-likeness (QED) is 0.119. The summed E-state index contributed by atoms with van der Waals surface area (Å²) in [6.45, 7) is 4.92. The van der Waals surface area contributed by atoms with E-state index >= 15 is 0 Å². The molecule has 0 amide bonds. The van der Waals surface area contributed by atoms with Gasteiger partial charge in [0.05, 0.1) is 12.9 Å². The molecule has 197 valence electrons. The zero-order valence-electron chi connectivity index (χ0n) is 22.0. The number of ether oxygens (including phenoxy) is 1. The molecule has 0 saturated carbocycles. The van der Waals surface area contributed by atoms with Crippen molar-refractivity contribution in [3.63, 3.8) is 0 Å². The van der Waals surface area contributed by atoms with Gasteiger partial charge in [-0.25, -0.2) is 0 Å². The molecule has 38 heavy (non-hydrogen) atoms. The predicted octanol–water partition coefficient (Wildman–Crippen LogP) is 7.83. The fourth-order valence-corrected chi connectivity index (χ4v) is 5.12. The minimum Gasteiger partial charge on any atom is -0.540 e. The Labute approximate surface area is 235 Å². The van der Waals surface area contributed by atoms with E-state index in [0.29, 0.717) is 0 Å². The number of fused-ring (bicyclic) bond motifs is 5. The van der Waals surface area contributed by atoms with E-state index in [1.54, 1.807) is 7.11 Å². The third-order valence-electron chi connectivity index (χ3n) is 6.82. The van der Waals surface area contributed by atoms with Crippen LogP contribution in [0.5, 0.6) is 5.75 Å². The van der Waals surface area contributed by atoms with Crippen molar-refractivity contribution in [2.45, 2.75) is 46.5 Å². The summed E-state index contributed by atoms with van der Waals surface area (Å²) < 4.78 is 11.6. The molecule has 2 heterocycles. The Balaban J connectivity index is 0.000000375. The number of aromatic nitrogens is 1. The van der Waals surface area contributed by atoms with Crippen LogP contribution in [-0.2, 0) is 37.7 Å². The number of aryl methyl sites for hydroxylation is 3. The van der Waals surface area contributed by atoms with Crippen LogP contribution in [0, 0.1) is 13.0 Å². The van der Waals surface area contributed by atoms with Crippen molar-refractivity contribution >= 4 is 38.5 Å². The Hall–Kier alpha value is -3.47. The number of carbonyl (C=O) groups excluding carboxylic acids is 1. The first-order valence-electron chi connectivity index (χ1n) is 12.6. The second kappa shape index (κ2) is 11.5. The standard InChI is InChI=1S/C27H22NO2.C5H8O2.Ir/c1-16-11-20(29-2)7-8-21(16)27-22-15-24-23-12-17-5-3-4-6-18(17)13-25(23)30-26(24)14-19(22)9-10-28-27;1-4(6)3-5(2)7;/h7,9-15H,3-6H2,1-2H3;3,6H,1-2H3;/q-1;;/b;4-3-;. The number of methoxy groups -OCH3 is 1. The number of benzene rings is 3. The number of rotatable bonds is 3. The molecule has 1 aliphatic rings. The third-order valence-corrected chi connectivity index (χ3v) is 6.82. The van der Waals surface area contributed by atoms with Crippen LogP contribution >= 0.6 is 0 Å². The molecule has 1 N–H and O–H groups in total. The van der Waals surface area contributed by atoms with Crippen molar-refractivity contribution in [3.8, 4) is 17.0 Å². The third kappa shape index (κ3) is 5.52. The molecule has 0 bridgehead atoms. The smallest absolute Gasteiger partial charge is 0.155 e. The van der Waals surface area contributed by atoms with E-state index in [1.165, 1.54) is 55.7 Å². The Morgan fingerprint density at radius 3 is 2.34 bits per heavy atom. The van der Waals surface area contributed by atoms with Crippen LogP contribution in [0.4, 0.5) is 0 Å². The van der Waals surface area contributed by atoms with Crippen molar-refractivity contribution in [2.75, 3.05) is 7.11 Å². The summed E-state index contributed by atoms with van der Waals surface area (Å²) in [6, 6.07) is 18.3. The topological polar surface area (TPSA) is 72.6 Å². The maximum absolute atomic E-state index is 10.0. The molecular weight excluding hydrogens is 655 g/mol. The number of aliphatic hydroxyl groups excluding tert-OH is 1. The number of hydrogen-bond donors (Lipinski definition) is 1. The molecule has 0 aliphatic heterocycles. The van der Waals surface area contributed by atoms with Crippen molar-refractivity contribution in [1.29, 1.82) is 0 Å². The Bertz CT molecular complexity index is 1680. The van der Waals surface area contributed by atoms with Gasteiger partial charge in [-0.05, 0) is 97.5 Å². The summed E-state index contributed by atoms with van der Waals surface area (Å²) in [5, 5.41) is 13.0. The van der Waals surface area contributed by atoms with Crippen LogP contribution in [0.2, 0.25) is 0 Å². The van der Waals surface area contributed by atoms with Gasteiger partial charge in [0.25, 0.3) is 0 Å². The second-order valence-corrected chi connectivity index (χ2v) is 9.65. The summed E-state index contributed by atoms with van der Waals surface area (Å²) in [7, 11) is 1.68. The Morgan fingerprint density at radius 1 is 1.03 bits per heavy atom. The van der Waals surface area contributed by atoms with Gasteiger partial charge in [0.15, 0.2) is 5.78 Å². The molecule has 0 spiro atoms. The Morgan fingerprint density at radius 2 is 1.71 bits per heavy atom. The summed E-state index contributed by atoms with van der Waals surface area (Å²) >= 11 is 0. The molecule has 5 aromatic rings. The monoisotopic (exact) mass is 685 g/mol. The molecule has 0 unspecified atom stereocenters. The van der Waals surface area contributed by atoms with Crippen LogP contribution in [0.15, 0.2) is 64.9 Å². The van der Waals surface area contributed by atoms with Gasteiger partial charge in [-0.3, -0.25) is 4.79 Å². The van der Waals surface area contributed by atoms with Gasteiger partial charge in [0.2, 0.25) is 0 Å². The first-order chi connectivity index (χ1) is 17.8. The molecule has 5 nitrogen and oxygen atoms in total. The molecule has 0 fully saturated rings. The number of nitrogens with zero attached hydrogens (tertiary/aromatic N) is 1. The van der Waals surface area contributed by atoms with Crippen molar-refractivity contribution < 1.29 is 39.2 Å². The molecular formula is C32H30IrNO4-. The van der Waals surface area contributed by atoms with E-state index < -0.39 is 0 Å². The van der Waals surface area contributed by atoms with Gasteiger partial charge in [-0.1, -0.05) is 6.92 Å². The van der Waals surface area contributed by atoms with E-state index in [-0.39, 0.29) is 31.6 Å². The van der Waals surface area contributed by atoms with Crippen molar-refractivity contribution in [3.05, 3.63) is 83.3 Å². The predicted molar refractivity (Wildman–Crippen MR) is 148 cm³/mol. The van der Waals surface area contributed by atoms with Gasteiger partial charge in [0, 0.05) is 48.9 Å². The van der Waals surface area contributed by atoms with E-state index in [0.717, 1.165) is 56.3 Å². The summed E-state index contributed by atoms with van der Waals surface area (Å²) in [5.74, 6) is 0.747. The van der Waals surface area contributed by atoms with Gasteiger partial charge in [-0.15, -0.1) is 29.3 Å². The molecule has 0 saturated heterocycles. The maximum atomic E-state index is 10.0. The number of pyridine rings is 1. The van der Waals surface area contributed by atoms with Crippen molar-refractivity contribution in [2.24, 2.45) is 0 Å². The van der Waals surface area contributed by atoms with Crippen LogP contribution in [0.25, 0.3) is 44.0 Å². The number of allylic oxidation sites excluding steroid dienone is 2. The normalized spacial score (nSPS) is 13.0. The fraction of sp³-hybridized carbons (Fsp3) is 0.250. The van der Waals surface area contributed by atoms with Crippen LogP contribution in [0.3, 0.4) is 0 Å². The Kier molecular flexibility index (Phi) is 8.35. The summed E-state index contributed by atoms with van der Waals surface area (Å²) in [4.78, 5) is 14.8. The largest absolute Gasteiger partial charge is 0.540 e. The van der Waals surface area contributed by atoms with Crippen LogP contribution in [-0.4, -0.2) is 23.0 Å². The van der Waals surface area contributed by atoms with E-state index in [4.69, 9.17) is 19.2 Å². The number of ketones is 1. The number of carbonyl (C=O) groups is 1. The van der Waals surface area contributed by atoms with Crippen LogP contribution in [0.1, 0.15) is 43.4 Å². The van der Waals surface area contributed by atoms with E-state index in [9.17, 15) is 4.79 Å². The maximum Gasteiger partial charge on any atom is 0.155 e. The molecule has 0 atom stereocenters. The van der Waals surface area contributed by atoms with Crippen molar-refractivity contribution in [1.82, 2.24) is 4.98 Å². The molecule has 1 radical (unpaired) electrons. The van der Waals surface area contributed by atoms with Gasteiger partial charge in [0.1, 0.15) is 11.2 Å². The minimum atomic E-state index is -0.125. The van der Waals surface area contributed by atoms with Crippen LogP contribution < -0.4 is 4.74 Å². The molecule has 1 aliphatic carbocycles. The molecule has 6 heteroatoms. The van der Waals surface area contributed by atoms with Gasteiger partial charge >= 0.3 is 0 Å².